The van der Waals surface area contributed by atoms with Crippen molar-refractivity contribution in [1.82, 2.24) is 0 Å². The van der Waals surface area contributed by atoms with Gasteiger partial charge in [0.25, 0.3) is 0 Å². The number of nitrogens with two attached hydrogens (primary N) is 1. The number of Topliss-reactive ketones (excluding diaryl/α,β-unsaturated/α-hetero) is 2. The van der Waals surface area contributed by atoms with Crippen LogP contribution in [0, 0.1) is 0 Å². The van der Waals surface area contributed by atoms with Gasteiger partial charge in [0.1, 0.15) is 5.78 Å². The van der Waals surface area contributed by atoms with E-state index < -0.39 is 0 Å². The van der Waals surface area contributed by atoms with Gasteiger partial charge < -0.3 is 15.6 Å². The number of anilines is 1. The summed E-state index contributed by atoms with van der Waals surface area (Å²) in [6, 6.07) is 5.35. The Balaban J connectivity index is 0.00000484. The molecule has 0 saturated heterocycles. The fourth-order valence-corrected chi connectivity index (χ4v) is 2.17. The molecule has 5 nitrogen and oxygen atoms in total. The summed E-state index contributed by atoms with van der Waals surface area (Å²) in [5.41, 5.74) is 7.70. The first-order valence-electron chi connectivity index (χ1n) is 7.64. The lowest BCUT2D eigenvalue weighted by Gasteiger charge is -2.06. The number of carbonyl (C=O) groups is 2. The van der Waals surface area contributed by atoms with Crippen molar-refractivity contribution in [2.24, 2.45) is 0 Å². The predicted octanol–water partition coefficient (Wildman–Crippen LogP) is 2.79. The second-order valence-electron chi connectivity index (χ2n) is 5.31. The third-order valence-corrected chi connectivity index (χ3v) is 3.42. The Hall–Kier alpha value is -1.72. The normalized spacial score (nSPS) is 10.2. The summed E-state index contributed by atoms with van der Waals surface area (Å²) in [7, 11) is 0. The molecule has 3 N–H and O–H groups in total. The van der Waals surface area contributed by atoms with E-state index in [0.29, 0.717) is 43.7 Å². The molecule has 0 atom stereocenters. The molecule has 130 valence electrons. The van der Waals surface area contributed by atoms with Crippen LogP contribution in [0.5, 0.6) is 0 Å². The molecule has 0 bridgehead atoms. The summed E-state index contributed by atoms with van der Waals surface area (Å²) in [6.07, 6.45) is 3.25. The van der Waals surface area contributed by atoms with E-state index in [9.17, 15) is 9.59 Å². The number of carbonyl (C=O) groups excluding carboxylic acids is 2. The molecule has 0 aromatic heterocycles. The van der Waals surface area contributed by atoms with Gasteiger partial charge in [0.05, 0.1) is 13.2 Å². The number of hydrogen-bond acceptors (Lipinski definition) is 5. The molecule has 0 aliphatic carbocycles. The fraction of sp³-hybridized carbons (Fsp3) is 0.556. The average Bonchev–Trinajstić information content (AvgIpc) is 2.49. The monoisotopic (exact) mass is 323 g/mol. The standard InChI is InChI=1S/C17H25NO4.CH4/c1-13(20)16-12-14(6-8-17(16)18)5-7-15(21)4-2-3-10-22-11-9-19;/h6,8,12,19H,2-5,7,9-11,18H2,1H3;1H4. The van der Waals surface area contributed by atoms with Gasteiger partial charge >= 0.3 is 0 Å². The van der Waals surface area contributed by atoms with E-state index >= 15 is 0 Å². The molecule has 0 saturated carbocycles. The van der Waals surface area contributed by atoms with Crippen molar-refractivity contribution in [3.8, 4) is 0 Å². The Morgan fingerprint density at radius 1 is 1.17 bits per heavy atom. The number of aliphatic hydroxyl groups excluding tert-OH is 1. The van der Waals surface area contributed by atoms with Crippen LogP contribution in [0.4, 0.5) is 5.69 Å². The zero-order chi connectivity index (χ0) is 16.4. The van der Waals surface area contributed by atoms with Crippen LogP contribution in [0.15, 0.2) is 18.2 Å². The van der Waals surface area contributed by atoms with Crippen LogP contribution in [0.2, 0.25) is 0 Å². The first-order valence-corrected chi connectivity index (χ1v) is 7.64. The van der Waals surface area contributed by atoms with Crippen LogP contribution in [0.1, 0.15) is 56.0 Å². The van der Waals surface area contributed by atoms with Gasteiger partial charge in [-0.05, 0) is 43.9 Å². The minimum Gasteiger partial charge on any atom is -0.398 e. The maximum atomic E-state index is 11.8. The van der Waals surface area contributed by atoms with Crippen molar-refractivity contribution in [2.75, 3.05) is 25.6 Å². The number of benzene rings is 1. The number of ether oxygens (including phenoxy) is 1. The van der Waals surface area contributed by atoms with Gasteiger partial charge in [0, 0.05) is 30.7 Å². The summed E-state index contributed by atoms with van der Waals surface area (Å²) in [5, 5.41) is 8.55. The molecule has 1 aromatic rings. The van der Waals surface area contributed by atoms with E-state index in [-0.39, 0.29) is 25.6 Å². The zero-order valence-corrected chi connectivity index (χ0v) is 13.1. The van der Waals surface area contributed by atoms with Gasteiger partial charge in [-0.3, -0.25) is 9.59 Å². The van der Waals surface area contributed by atoms with E-state index in [1.54, 1.807) is 12.1 Å². The number of rotatable bonds is 11. The number of aryl methyl sites for hydroxylation is 1. The zero-order valence-electron chi connectivity index (χ0n) is 13.1. The maximum Gasteiger partial charge on any atom is 0.161 e. The van der Waals surface area contributed by atoms with Crippen molar-refractivity contribution >= 4 is 17.3 Å². The SMILES string of the molecule is C.CC(=O)c1cc(CCC(=O)CCCCOCCO)ccc1N. The maximum absolute atomic E-state index is 11.8. The summed E-state index contributed by atoms with van der Waals surface area (Å²) >= 11 is 0. The molecule has 0 spiro atoms. The Morgan fingerprint density at radius 3 is 2.57 bits per heavy atom. The molecule has 0 heterocycles. The molecule has 1 aromatic carbocycles. The van der Waals surface area contributed by atoms with Gasteiger partial charge in [-0.2, -0.15) is 0 Å². The third-order valence-electron chi connectivity index (χ3n) is 3.42. The van der Waals surface area contributed by atoms with Gasteiger partial charge in [0.2, 0.25) is 0 Å². The van der Waals surface area contributed by atoms with E-state index in [4.69, 9.17) is 15.6 Å². The predicted molar refractivity (Wildman–Crippen MR) is 92.7 cm³/mol. The molecular weight excluding hydrogens is 294 g/mol. The van der Waals surface area contributed by atoms with Crippen molar-refractivity contribution in [3.63, 3.8) is 0 Å². The minimum absolute atomic E-state index is 0. The molecule has 23 heavy (non-hydrogen) atoms. The van der Waals surface area contributed by atoms with Crippen molar-refractivity contribution in [1.29, 1.82) is 0 Å². The van der Waals surface area contributed by atoms with E-state index in [0.717, 1.165) is 18.4 Å². The van der Waals surface area contributed by atoms with E-state index in [1.807, 2.05) is 6.07 Å². The molecule has 1 rings (SSSR count). The van der Waals surface area contributed by atoms with Crippen LogP contribution in [-0.4, -0.2) is 36.5 Å². The van der Waals surface area contributed by atoms with Gasteiger partial charge in [0.15, 0.2) is 5.78 Å². The van der Waals surface area contributed by atoms with Crippen LogP contribution >= 0.6 is 0 Å². The molecule has 0 radical (unpaired) electrons. The Labute approximate surface area is 138 Å². The Morgan fingerprint density at radius 2 is 1.91 bits per heavy atom. The van der Waals surface area contributed by atoms with E-state index in [2.05, 4.69) is 0 Å². The third kappa shape index (κ3) is 8.47. The second kappa shape index (κ2) is 11.8. The molecule has 0 fully saturated rings. The molecule has 0 amide bonds. The Kier molecular flexibility index (Phi) is 10.9. The summed E-state index contributed by atoms with van der Waals surface area (Å²) in [5.74, 6) is 0.150. The number of aliphatic hydroxyl groups is 1. The summed E-state index contributed by atoms with van der Waals surface area (Å²) < 4.78 is 5.14. The highest BCUT2D eigenvalue weighted by Crippen LogP contribution is 2.16. The quantitative estimate of drug-likeness (QED) is 0.371. The highest BCUT2D eigenvalue weighted by Gasteiger charge is 2.08. The van der Waals surface area contributed by atoms with Gasteiger partial charge in [-0.25, -0.2) is 0 Å². The average molecular weight is 323 g/mol. The Bertz CT molecular complexity index is 500. The van der Waals surface area contributed by atoms with Crippen molar-refractivity contribution in [2.45, 2.75) is 46.5 Å². The lowest BCUT2D eigenvalue weighted by Crippen LogP contribution is -2.05. The highest BCUT2D eigenvalue weighted by atomic mass is 16.5. The molecule has 0 aliphatic heterocycles. The first-order chi connectivity index (χ1) is 10.5. The van der Waals surface area contributed by atoms with Crippen LogP contribution in [-0.2, 0) is 16.0 Å². The van der Waals surface area contributed by atoms with Gasteiger partial charge in [-0.15, -0.1) is 0 Å². The number of hydrogen-bond donors (Lipinski definition) is 2. The number of nitrogen functional groups attached to an aromatic ring is 1. The summed E-state index contributed by atoms with van der Waals surface area (Å²) in [6.45, 7) is 2.44. The smallest absolute Gasteiger partial charge is 0.161 e. The number of ketones is 2. The highest BCUT2D eigenvalue weighted by molar-refractivity contribution is 5.99. The molecule has 0 unspecified atom stereocenters. The lowest BCUT2D eigenvalue weighted by molar-refractivity contribution is -0.119. The lowest BCUT2D eigenvalue weighted by atomic mass is 10.0. The van der Waals surface area contributed by atoms with Crippen LogP contribution < -0.4 is 5.73 Å². The van der Waals surface area contributed by atoms with E-state index in [1.165, 1.54) is 6.92 Å². The largest absolute Gasteiger partial charge is 0.398 e. The van der Waals surface area contributed by atoms with Crippen molar-refractivity contribution in [3.05, 3.63) is 29.3 Å². The molecular formula is C18H29NO4. The van der Waals surface area contributed by atoms with Gasteiger partial charge in [-0.1, -0.05) is 13.5 Å². The van der Waals surface area contributed by atoms with Crippen LogP contribution in [0.25, 0.3) is 0 Å². The fourth-order valence-electron chi connectivity index (χ4n) is 2.17. The minimum atomic E-state index is -0.0615. The molecule has 0 aliphatic rings. The topological polar surface area (TPSA) is 89.6 Å². The second-order valence-corrected chi connectivity index (χ2v) is 5.31. The van der Waals surface area contributed by atoms with Crippen molar-refractivity contribution < 1.29 is 19.4 Å². The number of unbranched alkanes of at least 4 members (excludes halogenated alkanes) is 1. The van der Waals surface area contributed by atoms with Crippen LogP contribution in [0.3, 0.4) is 0 Å². The first kappa shape index (κ1) is 21.3. The summed E-state index contributed by atoms with van der Waals surface area (Å²) in [4.78, 5) is 23.3. The molecule has 5 heteroatoms.